The van der Waals surface area contributed by atoms with Gasteiger partial charge < -0.3 is 10.6 Å². The fraction of sp³-hybridized carbons (Fsp3) is 0.625. The first-order valence-corrected chi connectivity index (χ1v) is 5.60. The van der Waals surface area contributed by atoms with Gasteiger partial charge in [-0.05, 0) is 19.1 Å². The first kappa shape index (κ1) is 10.9. The average Bonchev–Trinajstić information content (AvgIpc) is 2.67. The van der Waals surface area contributed by atoms with Crippen molar-refractivity contribution in [3.63, 3.8) is 0 Å². The lowest BCUT2D eigenvalue weighted by Crippen LogP contribution is -2.27. The van der Waals surface area contributed by atoms with Crippen LogP contribution < -0.4 is 5.73 Å². The summed E-state index contributed by atoms with van der Waals surface area (Å²) in [5.74, 6) is 0.0312. The fourth-order valence-electron chi connectivity index (χ4n) is 1.33. The second kappa shape index (κ2) is 5.50. The molecule has 2 N–H and O–H groups in total. The second-order valence-corrected chi connectivity index (χ2v) is 3.64. The van der Waals surface area contributed by atoms with E-state index in [-0.39, 0.29) is 5.96 Å². The van der Waals surface area contributed by atoms with Crippen LogP contribution >= 0.6 is 11.8 Å². The molecule has 0 amide bonds. The molecule has 0 atom stereocenters. The van der Waals surface area contributed by atoms with E-state index in [9.17, 15) is 0 Å². The minimum Gasteiger partial charge on any atom is -0.367 e. The molecule has 0 aromatic rings. The van der Waals surface area contributed by atoms with Crippen LogP contribution in [0.5, 0.6) is 0 Å². The molecule has 1 aliphatic rings. The number of thioether (sulfide) groups is 1. The Labute approximate surface area is 87.7 Å². The van der Waals surface area contributed by atoms with Crippen LogP contribution in [0.1, 0.15) is 12.8 Å². The van der Waals surface area contributed by atoms with Gasteiger partial charge in [0.2, 0.25) is 12.2 Å². The molecule has 1 heterocycles. The van der Waals surface area contributed by atoms with Crippen LogP contribution in [-0.2, 0) is 0 Å². The lowest BCUT2D eigenvalue weighted by Gasteiger charge is -2.17. The van der Waals surface area contributed by atoms with Crippen LogP contribution in [0.2, 0.25) is 0 Å². The lowest BCUT2D eigenvalue weighted by molar-refractivity contribution is 0.531. The van der Waals surface area contributed by atoms with Gasteiger partial charge in [0.1, 0.15) is 0 Å². The van der Waals surface area contributed by atoms with E-state index in [0.29, 0.717) is 0 Å². The van der Waals surface area contributed by atoms with E-state index in [1.807, 2.05) is 6.26 Å². The van der Waals surface area contributed by atoms with Gasteiger partial charge in [-0.25, -0.2) is 0 Å². The highest BCUT2D eigenvalue weighted by Crippen LogP contribution is 2.13. The van der Waals surface area contributed by atoms with Crippen molar-refractivity contribution >= 4 is 22.9 Å². The van der Waals surface area contributed by atoms with Gasteiger partial charge in [0, 0.05) is 13.1 Å². The number of guanidine groups is 1. The predicted octanol–water partition coefficient (Wildman–Crippen LogP) is 0.597. The summed E-state index contributed by atoms with van der Waals surface area (Å²) < 4.78 is 0. The van der Waals surface area contributed by atoms with Gasteiger partial charge in [-0.2, -0.15) is 10.3 Å². The van der Waals surface area contributed by atoms with E-state index in [1.165, 1.54) is 24.6 Å². The third-order valence-corrected chi connectivity index (χ3v) is 2.65. The normalized spacial score (nSPS) is 18.4. The molecule has 0 bridgehead atoms. The summed E-state index contributed by atoms with van der Waals surface area (Å²) in [5, 5.41) is 9.13. The number of likely N-dealkylation sites (tertiary alicyclic amines) is 1. The quantitative estimate of drug-likeness (QED) is 0.361. The topological polar surface area (TPSA) is 77.8 Å². The SMILES string of the molecule is CS/C(=N\C(N)=NC#N)N1CCCC1. The van der Waals surface area contributed by atoms with Crippen molar-refractivity contribution in [2.24, 2.45) is 15.7 Å². The molecule has 5 nitrogen and oxygen atoms in total. The number of amidine groups is 1. The highest BCUT2D eigenvalue weighted by molar-refractivity contribution is 8.13. The summed E-state index contributed by atoms with van der Waals surface area (Å²) >= 11 is 1.53. The Bertz CT molecular complexity index is 285. The van der Waals surface area contributed by atoms with Gasteiger partial charge in [0.25, 0.3) is 0 Å². The summed E-state index contributed by atoms with van der Waals surface area (Å²) in [6.07, 6.45) is 5.94. The average molecular weight is 211 g/mol. The summed E-state index contributed by atoms with van der Waals surface area (Å²) in [6, 6.07) is 0. The molecule has 76 valence electrons. The van der Waals surface area contributed by atoms with Gasteiger partial charge in [-0.15, -0.1) is 4.99 Å². The maximum atomic E-state index is 8.28. The van der Waals surface area contributed by atoms with Crippen molar-refractivity contribution in [2.45, 2.75) is 12.8 Å². The molecular weight excluding hydrogens is 198 g/mol. The maximum absolute atomic E-state index is 8.28. The van der Waals surface area contributed by atoms with Crippen molar-refractivity contribution in [1.29, 1.82) is 5.26 Å². The Balaban J connectivity index is 2.70. The van der Waals surface area contributed by atoms with Crippen LogP contribution in [0.4, 0.5) is 0 Å². The Morgan fingerprint density at radius 3 is 2.64 bits per heavy atom. The number of nitrogens with zero attached hydrogens (tertiary/aromatic N) is 4. The maximum Gasteiger partial charge on any atom is 0.233 e. The zero-order valence-corrected chi connectivity index (χ0v) is 8.92. The molecule has 0 spiro atoms. The van der Waals surface area contributed by atoms with Crippen LogP contribution in [-0.4, -0.2) is 35.4 Å². The number of hydrogen-bond donors (Lipinski definition) is 1. The van der Waals surface area contributed by atoms with Gasteiger partial charge in [-0.1, -0.05) is 11.8 Å². The summed E-state index contributed by atoms with van der Waals surface area (Å²) in [6.45, 7) is 2.03. The molecule has 0 aliphatic carbocycles. The van der Waals surface area contributed by atoms with Crippen LogP contribution in [0.15, 0.2) is 9.98 Å². The Morgan fingerprint density at radius 1 is 1.50 bits per heavy atom. The third kappa shape index (κ3) is 2.92. The van der Waals surface area contributed by atoms with Crippen LogP contribution in [0, 0.1) is 11.5 Å². The minimum atomic E-state index is 0.0312. The van der Waals surface area contributed by atoms with Crippen molar-refractivity contribution in [1.82, 2.24) is 4.90 Å². The third-order valence-electron chi connectivity index (χ3n) is 1.93. The van der Waals surface area contributed by atoms with Crippen molar-refractivity contribution in [2.75, 3.05) is 19.3 Å². The summed E-state index contributed by atoms with van der Waals surface area (Å²) in [5.41, 5.74) is 5.43. The Hall–Kier alpha value is -1.22. The number of nitrogens with two attached hydrogens (primary N) is 1. The van der Waals surface area contributed by atoms with E-state index in [2.05, 4.69) is 14.9 Å². The molecule has 1 saturated heterocycles. The molecule has 0 radical (unpaired) electrons. The molecule has 0 aromatic heterocycles. The summed E-state index contributed by atoms with van der Waals surface area (Å²) in [7, 11) is 0. The number of hydrogen-bond acceptors (Lipinski definition) is 3. The fourth-order valence-corrected chi connectivity index (χ4v) is 1.95. The Kier molecular flexibility index (Phi) is 4.26. The highest BCUT2D eigenvalue weighted by atomic mass is 32.2. The standard InChI is InChI=1S/C8H13N5S/c1-14-8(12-7(10)11-6-9)13-4-2-3-5-13/h2-5H2,1H3,(H2,10,11)/b12-8-. The van der Waals surface area contributed by atoms with Crippen molar-refractivity contribution in [3.05, 3.63) is 0 Å². The molecule has 0 unspecified atom stereocenters. The monoisotopic (exact) mass is 211 g/mol. The van der Waals surface area contributed by atoms with E-state index in [4.69, 9.17) is 11.0 Å². The van der Waals surface area contributed by atoms with E-state index >= 15 is 0 Å². The van der Waals surface area contributed by atoms with Gasteiger partial charge in [0.05, 0.1) is 0 Å². The molecule has 14 heavy (non-hydrogen) atoms. The number of aliphatic imine (C=N–C) groups is 2. The Morgan fingerprint density at radius 2 is 2.14 bits per heavy atom. The smallest absolute Gasteiger partial charge is 0.233 e. The van der Waals surface area contributed by atoms with E-state index in [1.54, 1.807) is 6.19 Å². The predicted molar refractivity (Wildman–Crippen MR) is 59.0 cm³/mol. The molecular formula is C8H13N5S. The first-order valence-electron chi connectivity index (χ1n) is 4.38. The lowest BCUT2D eigenvalue weighted by atomic mass is 10.4. The minimum absolute atomic E-state index is 0.0312. The van der Waals surface area contributed by atoms with E-state index < -0.39 is 0 Å². The molecule has 0 saturated carbocycles. The van der Waals surface area contributed by atoms with Gasteiger partial charge in [0.15, 0.2) is 5.17 Å². The molecule has 6 heteroatoms. The number of nitriles is 1. The first-order chi connectivity index (χ1) is 6.77. The van der Waals surface area contributed by atoms with Gasteiger partial charge >= 0.3 is 0 Å². The zero-order valence-electron chi connectivity index (χ0n) is 8.10. The summed E-state index contributed by atoms with van der Waals surface area (Å²) in [4.78, 5) is 9.59. The van der Waals surface area contributed by atoms with Crippen molar-refractivity contribution < 1.29 is 0 Å². The molecule has 1 fully saturated rings. The zero-order chi connectivity index (χ0) is 10.4. The molecule has 1 aliphatic heterocycles. The van der Waals surface area contributed by atoms with Crippen molar-refractivity contribution in [3.8, 4) is 6.19 Å². The van der Waals surface area contributed by atoms with E-state index in [0.717, 1.165) is 18.3 Å². The van der Waals surface area contributed by atoms with Crippen LogP contribution in [0.3, 0.4) is 0 Å². The van der Waals surface area contributed by atoms with Crippen LogP contribution in [0.25, 0.3) is 0 Å². The highest BCUT2D eigenvalue weighted by Gasteiger charge is 2.15. The second-order valence-electron chi connectivity index (χ2n) is 2.86. The molecule has 1 rings (SSSR count). The number of rotatable bonds is 0. The van der Waals surface area contributed by atoms with Gasteiger partial charge in [-0.3, -0.25) is 0 Å². The molecule has 0 aromatic carbocycles. The largest absolute Gasteiger partial charge is 0.367 e.